The summed E-state index contributed by atoms with van der Waals surface area (Å²) in [5, 5.41) is 3.55. The van der Waals surface area contributed by atoms with E-state index >= 15 is 0 Å². The van der Waals surface area contributed by atoms with E-state index in [1.165, 1.54) is 75.4 Å². The lowest BCUT2D eigenvalue weighted by atomic mass is 9.84. The molecule has 4 heteroatoms. The molecule has 0 unspecified atom stereocenters. The molecule has 2 fully saturated rings. The van der Waals surface area contributed by atoms with Crippen LogP contribution in [-0.2, 0) is 0 Å². The SMILES string of the molecule is C1CCN(NC2=NC3(CCCCC3)CS2)CC1. The van der Waals surface area contributed by atoms with Gasteiger partial charge >= 0.3 is 0 Å². The number of piperidine rings is 1. The first-order chi connectivity index (χ1) is 8.36. The highest BCUT2D eigenvalue weighted by Crippen LogP contribution is 2.39. The van der Waals surface area contributed by atoms with E-state index in [0.717, 1.165) is 0 Å². The number of hydrogen-bond donors (Lipinski definition) is 1. The number of amidine groups is 1. The van der Waals surface area contributed by atoms with Gasteiger partial charge in [0.25, 0.3) is 0 Å². The summed E-state index contributed by atoms with van der Waals surface area (Å²) >= 11 is 1.94. The predicted octanol–water partition coefficient (Wildman–Crippen LogP) is 2.78. The minimum absolute atomic E-state index is 0.307. The maximum absolute atomic E-state index is 5.00. The maximum Gasteiger partial charge on any atom is 0.171 e. The van der Waals surface area contributed by atoms with Gasteiger partial charge in [-0.3, -0.25) is 10.4 Å². The molecule has 1 spiro atoms. The summed E-state index contributed by atoms with van der Waals surface area (Å²) in [4.78, 5) is 5.00. The van der Waals surface area contributed by atoms with Crippen molar-refractivity contribution in [3.63, 3.8) is 0 Å². The first-order valence-electron chi connectivity index (χ1n) is 7.11. The minimum atomic E-state index is 0.307. The van der Waals surface area contributed by atoms with E-state index < -0.39 is 0 Å². The highest BCUT2D eigenvalue weighted by Gasteiger charge is 2.37. The van der Waals surface area contributed by atoms with Crippen molar-refractivity contribution >= 4 is 16.9 Å². The number of hydrogen-bond acceptors (Lipinski definition) is 4. The zero-order valence-electron chi connectivity index (χ0n) is 10.6. The third-order valence-electron chi connectivity index (χ3n) is 4.21. The average molecular weight is 253 g/mol. The van der Waals surface area contributed by atoms with Crippen LogP contribution < -0.4 is 5.43 Å². The molecule has 0 aromatic rings. The Morgan fingerprint density at radius 1 is 1.00 bits per heavy atom. The molecule has 17 heavy (non-hydrogen) atoms. The summed E-state index contributed by atoms with van der Waals surface area (Å²) in [5.74, 6) is 1.21. The second kappa shape index (κ2) is 5.19. The number of nitrogens with one attached hydrogen (secondary N) is 1. The molecule has 96 valence electrons. The van der Waals surface area contributed by atoms with Crippen molar-refractivity contribution in [3.8, 4) is 0 Å². The van der Waals surface area contributed by atoms with Gasteiger partial charge in [0, 0.05) is 18.8 Å². The third-order valence-corrected chi connectivity index (χ3v) is 5.35. The molecule has 0 atom stereocenters. The molecule has 1 saturated carbocycles. The van der Waals surface area contributed by atoms with Crippen LogP contribution in [0, 0.1) is 0 Å². The summed E-state index contributed by atoms with van der Waals surface area (Å²) in [6.45, 7) is 2.37. The molecule has 0 amide bonds. The standard InChI is InChI=1S/C13H23N3S/c1-3-7-13(8-4-1)11-17-12(14-13)15-16-9-5-2-6-10-16/h1-11H2,(H,14,15). The van der Waals surface area contributed by atoms with Gasteiger partial charge in [0.05, 0.1) is 5.54 Å². The predicted molar refractivity (Wildman–Crippen MR) is 74.3 cm³/mol. The Bertz CT molecular complexity index is 291. The van der Waals surface area contributed by atoms with Crippen LogP contribution in [0.15, 0.2) is 4.99 Å². The smallest absolute Gasteiger partial charge is 0.171 e. The second-order valence-electron chi connectivity index (χ2n) is 5.65. The highest BCUT2D eigenvalue weighted by molar-refractivity contribution is 8.14. The topological polar surface area (TPSA) is 27.6 Å². The Morgan fingerprint density at radius 3 is 2.47 bits per heavy atom. The fourth-order valence-electron chi connectivity index (χ4n) is 3.15. The van der Waals surface area contributed by atoms with Gasteiger partial charge in [0.2, 0.25) is 0 Å². The molecule has 2 heterocycles. The fourth-order valence-corrected chi connectivity index (χ4v) is 4.36. The molecule has 0 bridgehead atoms. The van der Waals surface area contributed by atoms with Crippen molar-refractivity contribution in [1.29, 1.82) is 0 Å². The fraction of sp³-hybridized carbons (Fsp3) is 0.923. The van der Waals surface area contributed by atoms with Crippen molar-refractivity contribution in [1.82, 2.24) is 10.4 Å². The molecule has 1 N–H and O–H groups in total. The van der Waals surface area contributed by atoms with Gasteiger partial charge in [-0.25, -0.2) is 5.01 Å². The van der Waals surface area contributed by atoms with Crippen LogP contribution in [0.2, 0.25) is 0 Å². The van der Waals surface area contributed by atoms with E-state index in [0.29, 0.717) is 5.54 Å². The van der Waals surface area contributed by atoms with Crippen LogP contribution in [0.3, 0.4) is 0 Å². The van der Waals surface area contributed by atoms with Crippen molar-refractivity contribution < 1.29 is 0 Å². The lowest BCUT2D eigenvalue weighted by Crippen LogP contribution is -2.43. The lowest BCUT2D eigenvalue weighted by Gasteiger charge is -2.29. The van der Waals surface area contributed by atoms with Gasteiger partial charge in [-0.2, -0.15) is 0 Å². The van der Waals surface area contributed by atoms with Crippen LogP contribution in [-0.4, -0.2) is 34.6 Å². The summed E-state index contributed by atoms with van der Waals surface area (Å²) < 4.78 is 0. The second-order valence-corrected chi connectivity index (χ2v) is 6.61. The molecule has 0 aromatic heterocycles. The number of rotatable bonds is 1. The molecule has 3 rings (SSSR count). The summed E-state index contributed by atoms with van der Waals surface area (Å²) in [6.07, 6.45) is 10.8. The van der Waals surface area contributed by atoms with E-state index in [4.69, 9.17) is 4.99 Å². The van der Waals surface area contributed by atoms with Crippen LogP contribution in [0.25, 0.3) is 0 Å². The molecule has 3 aliphatic rings. The normalized spacial score (nSPS) is 29.3. The summed E-state index contributed by atoms with van der Waals surface area (Å²) in [6, 6.07) is 0. The summed E-state index contributed by atoms with van der Waals surface area (Å²) in [5.41, 5.74) is 3.84. The van der Waals surface area contributed by atoms with Crippen molar-refractivity contribution in [2.45, 2.75) is 56.9 Å². The van der Waals surface area contributed by atoms with Crippen molar-refractivity contribution in [2.75, 3.05) is 18.8 Å². The van der Waals surface area contributed by atoms with Gasteiger partial charge in [-0.1, -0.05) is 37.4 Å². The first-order valence-corrected chi connectivity index (χ1v) is 8.09. The van der Waals surface area contributed by atoms with E-state index in [1.54, 1.807) is 0 Å². The number of nitrogens with zero attached hydrogens (tertiary/aromatic N) is 2. The molecule has 3 nitrogen and oxygen atoms in total. The molecule has 2 aliphatic heterocycles. The van der Waals surface area contributed by atoms with E-state index in [9.17, 15) is 0 Å². The quantitative estimate of drug-likeness (QED) is 0.778. The van der Waals surface area contributed by atoms with Gasteiger partial charge in [0.15, 0.2) is 5.17 Å². The van der Waals surface area contributed by atoms with E-state index in [2.05, 4.69) is 10.4 Å². The zero-order chi connectivity index (χ0) is 11.6. The monoisotopic (exact) mass is 253 g/mol. The van der Waals surface area contributed by atoms with Crippen molar-refractivity contribution in [3.05, 3.63) is 0 Å². The zero-order valence-corrected chi connectivity index (χ0v) is 11.4. The highest BCUT2D eigenvalue weighted by atomic mass is 32.2. The Hall–Kier alpha value is -0.220. The van der Waals surface area contributed by atoms with E-state index in [-0.39, 0.29) is 0 Å². The lowest BCUT2D eigenvalue weighted by molar-refractivity contribution is 0.195. The Labute approximate surface area is 108 Å². The molecule has 1 saturated heterocycles. The van der Waals surface area contributed by atoms with Crippen LogP contribution in [0.1, 0.15) is 51.4 Å². The largest absolute Gasteiger partial charge is 0.298 e. The van der Waals surface area contributed by atoms with Crippen LogP contribution >= 0.6 is 11.8 Å². The Morgan fingerprint density at radius 2 is 1.71 bits per heavy atom. The Kier molecular flexibility index (Phi) is 3.61. The Balaban J connectivity index is 1.58. The first kappa shape index (κ1) is 11.8. The van der Waals surface area contributed by atoms with Gasteiger partial charge in [-0.05, 0) is 25.7 Å². The van der Waals surface area contributed by atoms with Crippen LogP contribution in [0.4, 0.5) is 0 Å². The molecule has 1 aliphatic carbocycles. The third kappa shape index (κ3) is 2.79. The van der Waals surface area contributed by atoms with Crippen molar-refractivity contribution in [2.24, 2.45) is 4.99 Å². The summed E-state index contributed by atoms with van der Waals surface area (Å²) in [7, 11) is 0. The van der Waals surface area contributed by atoms with Gasteiger partial charge in [-0.15, -0.1) is 0 Å². The molecule has 0 aromatic carbocycles. The maximum atomic E-state index is 5.00. The number of thioether (sulfide) groups is 1. The van der Waals surface area contributed by atoms with Gasteiger partial charge in [0.1, 0.15) is 0 Å². The molecular weight excluding hydrogens is 230 g/mol. The number of aliphatic imine (C=N–C) groups is 1. The number of hydrazine groups is 1. The average Bonchev–Trinajstić information content (AvgIpc) is 2.74. The molecular formula is C13H23N3S. The van der Waals surface area contributed by atoms with Crippen LogP contribution in [0.5, 0.6) is 0 Å². The van der Waals surface area contributed by atoms with E-state index in [1.807, 2.05) is 11.8 Å². The van der Waals surface area contributed by atoms with Gasteiger partial charge < -0.3 is 0 Å². The minimum Gasteiger partial charge on any atom is -0.298 e. The molecule has 0 radical (unpaired) electrons.